The van der Waals surface area contributed by atoms with Crippen LogP contribution in [0.2, 0.25) is 0 Å². The van der Waals surface area contributed by atoms with Gasteiger partial charge >= 0.3 is 0 Å². The molecule has 33 heavy (non-hydrogen) atoms. The summed E-state index contributed by atoms with van der Waals surface area (Å²) in [6.45, 7) is 5.75. The lowest BCUT2D eigenvalue weighted by Gasteiger charge is -2.25. The summed E-state index contributed by atoms with van der Waals surface area (Å²) >= 11 is 0. The first-order chi connectivity index (χ1) is 15.8. The number of aryl methyl sites for hydroxylation is 2. The molecule has 0 aliphatic rings. The van der Waals surface area contributed by atoms with E-state index in [-0.39, 0.29) is 4.90 Å². The zero-order valence-corrected chi connectivity index (χ0v) is 19.7. The van der Waals surface area contributed by atoms with Crippen molar-refractivity contribution < 1.29 is 17.9 Å². The molecule has 7 nitrogen and oxygen atoms in total. The Labute approximate surface area is 194 Å². The molecule has 0 bridgehead atoms. The van der Waals surface area contributed by atoms with E-state index in [2.05, 4.69) is 10.5 Å². The third-order valence-corrected chi connectivity index (χ3v) is 6.62. The van der Waals surface area contributed by atoms with Crippen LogP contribution in [0.4, 0.5) is 5.69 Å². The zero-order chi connectivity index (χ0) is 23.8. The first-order valence-electron chi connectivity index (χ1n) is 10.5. The van der Waals surface area contributed by atoms with Crippen LogP contribution < -0.4 is 14.5 Å². The van der Waals surface area contributed by atoms with Gasteiger partial charge in [-0.1, -0.05) is 30.3 Å². The van der Waals surface area contributed by atoms with Gasteiger partial charge in [-0.25, -0.2) is 13.8 Å². The highest BCUT2D eigenvalue weighted by molar-refractivity contribution is 7.92. The molecular weight excluding hydrogens is 438 g/mol. The van der Waals surface area contributed by atoms with Gasteiger partial charge in [-0.3, -0.25) is 9.10 Å². The highest BCUT2D eigenvalue weighted by Gasteiger charge is 2.28. The highest BCUT2D eigenvalue weighted by Crippen LogP contribution is 2.27. The quantitative estimate of drug-likeness (QED) is 0.381. The van der Waals surface area contributed by atoms with Crippen molar-refractivity contribution in [2.45, 2.75) is 25.7 Å². The normalized spacial score (nSPS) is 11.4. The molecule has 0 aromatic heterocycles. The topological polar surface area (TPSA) is 88.1 Å². The van der Waals surface area contributed by atoms with E-state index in [0.29, 0.717) is 12.3 Å². The second-order valence-electron chi connectivity index (χ2n) is 7.41. The van der Waals surface area contributed by atoms with E-state index in [1.54, 1.807) is 36.4 Å². The fourth-order valence-corrected chi connectivity index (χ4v) is 4.67. The van der Waals surface area contributed by atoms with Crippen LogP contribution in [0.15, 0.2) is 82.8 Å². The van der Waals surface area contributed by atoms with Gasteiger partial charge in [0.25, 0.3) is 15.9 Å². The summed E-state index contributed by atoms with van der Waals surface area (Å²) in [4.78, 5) is 12.8. The van der Waals surface area contributed by atoms with Gasteiger partial charge in [-0.15, -0.1) is 0 Å². The number of carbonyl (C=O) groups is 1. The van der Waals surface area contributed by atoms with E-state index in [1.807, 2.05) is 45.0 Å². The van der Waals surface area contributed by atoms with Crippen LogP contribution >= 0.6 is 0 Å². The Morgan fingerprint density at radius 3 is 2.39 bits per heavy atom. The summed E-state index contributed by atoms with van der Waals surface area (Å²) in [5.41, 5.74) is 5.26. The van der Waals surface area contributed by atoms with Crippen molar-refractivity contribution in [3.8, 4) is 5.75 Å². The second kappa shape index (κ2) is 10.8. The number of nitrogens with zero attached hydrogens (tertiary/aromatic N) is 2. The Hall–Kier alpha value is -3.65. The van der Waals surface area contributed by atoms with E-state index in [1.165, 1.54) is 18.3 Å². The molecule has 0 unspecified atom stereocenters. The largest absolute Gasteiger partial charge is 0.494 e. The van der Waals surface area contributed by atoms with Crippen LogP contribution in [0.1, 0.15) is 23.6 Å². The number of carbonyl (C=O) groups excluding carboxylic acids is 1. The number of hydrogen-bond acceptors (Lipinski definition) is 5. The van der Waals surface area contributed by atoms with Crippen LogP contribution in [0.5, 0.6) is 5.75 Å². The summed E-state index contributed by atoms with van der Waals surface area (Å²) < 4.78 is 33.3. The molecule has 172 valence electrons. The second-order valence-corrected chi connectivity index (χ2v) is 9.27. The first-order valence-corrected chi connectivity index (χ1v) is 11.9. The van der Waals surface area contributed by atoms with Gasteiger partial charge in [0.15, 0.2) is 0 Å². The molecule has 0 fully saturated rings. The minimum absolute atomic E-state index is 0.108. The lowest BCUT2D eigenvalue weighted by molar-refractivity contribution is -0.119. The van der Waals surface area contributed by atoms with Crippen molar-refractivity contribution in [1.29, 1.82) is 0 Å². The number of hydrogen-bond donors (Lipinski definition) is 1. The minimum Gasteiger partial charge on any atom is -0.494 e. The van der Waals surface area contributed by atoms with Crippen molar-refractivity contribution in [3.05, 3.63) is 89.5 Å². The van der Waals surface area contributed by atoms with Crippen LogP contribution in [0, 0.1) is 13.8 Å². The smallest absolute Gasteiger partial charge is 0.264 e. The molecule has 1 amide bonds. The van der Waals surface area contributed by atoms with Crippen molar-refractivity contribution in [2.24, 2.45) is 5.10 Å². The SMILES string of the molecule is CCOc1ccc(/C=N\NC(=O)CN(c2cc(C)ccc2C)S(=O)(=O)c2ccccc2)cc1. The Kier molecular flexibility index (Phi) is 7.84. The average Bonchev–Trinajstić information content (AvgIpc) is 2.81. The lowest BCUT2D eigenvalue weighted by Crippen LogP contribution is -2.40. The number of sulfonamides is 1. The van der Waals surface area contributed by atoms with E-state index < -0.39 is 22.5 Å². The molecule has 8 heteroatoms. The summed E-state index contributed by atoms with van der Waals surface area (Å²) in [6, 6.07) is 20.8. The molecule has 0 atom stereocenters. The fourth-order valence-electron chi connectivity index (χ4n) is 3.17. The number of anilines is 1. The van der Waals surface area contributed by atoms with Gasteiger partial charge in [0.05, 0.1) is 23.4 Å². The molecule has 3 aromatic carbocycles. The van der Waals surface area contributed by atoms with Gasteiger partial charge in [0.2, 0.25) is 0 Å². The van der Waals surface area contributed by atoms with Gasteiger partial charge < -0.3 is 4.74 Å². The maximum atomic E-state index is 13.4. The maximum absolute atomic E-state index is 13.4. The van der Waals surface area contributed by atoms with Crippen LogP contribution in [0.3, 0.4) is 0 Å². The van der Waals surface area contributed by atoms with Gasteiger partial charge in [-0.2, -0.15) is 5.10 Å². The molecule has 0 radical (unpaired) electrons. The number of benzene rings is 3. The predicted molar refractivity (Wildman–Crippen MR) is 130 cm³/mol. The fraction of sp³-hybridized carbons (Fsp3) is 0.200. The molecule has 0 saturated heterocycles. The number of hydrazone groups is 1. The molecule has 3 aromatic rings. The van der Waals surface area contributed by atoms with E-state index >= 15 is 0 Å². The van der Waals surface area contributed by atoms with Gasteiger partial charge in [0, 0.05) is 0 Å². The lowest BCUT2D eigenvalue weighted by atomic mass is 10.1. The van der Waals surface area contributed by atoms with Crippen molar-refractivity contribution in [1.82, 2.24) is 5.43 Å². The summed E-state index contributed by atoms with van der Waals surface area (Å²) in [5, 5.41) is 3.97. The predicted octanol–water partition coefficient (Wildman–Crippen LogP) is 4.05. The third-order valence-electron chi connectivity index (χ3n) is 4.85. The van der Waals surface area contributed by atoms with Gasteiger partial charge in [0.1, 0.15) is 12.3 Å². The average molecular weight is 466 g/mol. The molecular formula is C25H27N3O4S. The highest BCUT2D eigenvalue weighted by atomic mass is 32.2. The molecule has 0 saturated carbocycles. The Morgan fingerprint density at radius 2 is 1.73 bits per heavy atom. The van der Waals surface area contributed by atoms with Crippen LogP contribution in [0.25, 0.3) is 0 Å². The minimum atomic E-state index is -3.97. The Balaban J connectivity index is 1.81. The summed E-state index contributed by atoms with van der Waals surface area (Å²) in [6.07, 6.45) is 1.49. The van der Waals surface area contributed by atoms with E-state index in [9.17, 15) is 13.2 Å². The van der Waals surface area contributed by atoms with Crippen LogP contribution in [-0.4, -0.2) is 33.7 Å². The number of nitrogens with one attached hydrogen (secondary N) is 1. The molecule has 0 spiro atoms. The molecule has 3 rings (SSSR count). The van der Waals surface area contributed by atoms with Crippen molar-refractivity contribution in [2.75, 3.05) is 17.5 Å². The van der Waals surface area contributed by atoms with Crippen molar-refractivity contribution in [3.63, 3.8) is 0 Å². The molecule has 0 aliphatic carbocycles. The molecule has 0 heterocycles. The number of rotatable bonds is 9. The van der Waals surface area contributed by atoms with Crippen LogP contribution in [-0.2, 0) is 14.8 Å². The summed E-state index contributed by atoms with van der Waals surface area (Å²) in [7, 11) is -3.97. The zero-order valence-electron chi connectivity index (χ0n) is 18.9. The van der Waals surface area contributed by atoms with E-state index in [0.717, 1.165) is 26.7 Å². The first kappa shape index (κ1) is 24.0. The number of ether oxygens (including phenoxy) is 1. The number of amides is 1. The van der Waals surface area contributed by atoms with Gasteiger partial charge in [-0.05, 0) is 79.9 Å². The summed E-state index contributed by atoms with van der Waals surface area (Å²) in [5.74, 6) is 0.187. The monoisotopic (exact) mass is 465 g/mol. The standard InChI is InChI=1S/C25H27N3O4S/c1-4-32-22-14-12-21(13-15-22)17-26-27-25(29)18-28(24-16-19(2)10-11-20(24)3)33(30,31)23-8-6-5-7-9-23/h5-17H,4,18H2,1-3H3,(H,27,29)/b26-17-. The van der Waals surface area contributed by atoms with E-state index in [4.69, 9.17) is 4.74 Å². The molecule has 1 N–H and O–H groups in total. The Bertz CT molecular complexity index is 1220. The Morgan fingerprint density at radius 1 is 1.03 bits per heavy atom. The maximum Gasteiger partial charge on any atom is 0.264 e. The van der Waals surface area contributed by atoms with Crippen molar-refractivity contribution >= 4 is 27.8 Å². The molecule has 0 aliphatic heterocycles. The third kappa shape index (κ3) is 6.20.